The van der Waals surface area contributed by atoms with Crippen LogP contribution in [0.15, 0.2) is 12.3 Å². The summed E-state index contributed by atoms with van der Waals surface area (Å²) in [6, 6.07) is 1.54. The molecule has 3 heterocycles. The van der Waals surface area contributed by atoms with Gasteiger partial charge >= 0.3 is 5.97 Å². The van der Waals surface area contributed by atoms with E-state index in [4.69, 9.17) is 10.5 Å². The van der Waals surface area contributed by atoms with E-state index < -0.39 is 29.0 Å². The highest BCUT2D eigenvalue weighted by Gasteiger charge is 2.51. The number of carboxylic acids is 1. The summed E-state index contributed by atoms with van der Waals surface area (Å²) in [7, 11) is 0. The number of carboxylic acid groups (broad SMARTS) is 1. The fraction of sp³-hybridized carbons (Fsp3) is 0.438. The number of hydrogen-bond donors (Lipinski definition) is 4. The third-order valence-electron chi connectivity index (χ3n) is 4.25. The molecule has 0 aliphatic carbocycles. The number of nitrogens with zero attached hydrogens (tertiary/aromatic N) is 1. The van der Waals surface area contributed by atoms with Gasteiger partial charge in [-0.05, 0) is 33.8 Å². The van der Waals surface area contributed by atoms with E-state index in [0.717, 1.165) is 0 Å². The molecule has 134 valence electrons. The molecule has 9 heteroatoms. The van der Waals surface area contributed by atoms with E-state index in [1.807, 2.05) is 13.8 Å². The molecular formula is C16H20N4O4S. The molecule has 8 nitrogen and oxygen atoms in total. The second-order valence-corrected chi connectivity index (χ2v) is 8.02. The summed E-state index contributed by atoms with van der Waals surface area (Å²) in [6.45, 7) is 7.19. The second kappa shape index (κ2) is 5.57. The Kier molecular flexibility index (Phi) is 3.88. The Hall–Kier alpha value is -2.39. The number of amides is 1. The van der Waals surface area contributed by atoms with Gasteiger partial charge in [0.05, 0.1) is 16.9 Å². The topological polar surface area (TPSA) is 130 Å². The number of nitrogen functional groups attached to an aromatic ring is 1. The summed E-state index contributed by atoms with van der Waals surface area (Å²) in [5.74, 6) is -2.34. The molecule has 0 saturated heterocycles. The molecule has 0 bridgehead atoms. The van der Waals surface area contributed by atoms with Gasteiger partial charge in [0, 0.05) is 16.6 Å². The SMILES string of the molecule is CC1(C)OC(C)(C)C(C(=O)O)c2c1sc(NC(=O)c1ccn[nH]1)c2N. The lowest BCUT2D eigenvalue weighted by molar-refractivity contribution is -0.171. The van der Waals surface area contributed by atoms with Crippen molar-refractivity contribution < 1.29 is 19.4 Å². The molecule has 0 aromatic carbocycles. The molecule has 2 aromatic heterocycles. The van der Waals surface area contributed by atoms with Gasteiger partial charge in [-0.1, -0.05) is 0 Å². The Morgan fingerprint density at radius 2 is 2.08 bits per heavy atom. The number of hydrogen-bond acceptors (Lipinski definition) is 6. The first-order valence-electron chi connectivity index (χ1n) is 7.71. The minimum absolute atomic E-state index is 0.268. The number of carbonyl (C=O) groups is 2. The normalized spacial score (nSPS) is 20.7. The largest absolute Gasteiger partial charge is 0.481 e. The molecule has 0 saturated carbocycles. The minimum atomic E-state index is -1.02. The monoisotopic (exact) mass is 364 g/mol. The number of H-pyrrole nitrogens is 1. The molecular weight excluding hydrogens is 344 g/mol. The second-order valence-electron chi connectivity index (χ2n) is 7.00. The number of aromatic amines is 1. The smallest absolute Gasteiger partial charge is 0.314 e. The van der Waals surface area contributed by atoms with Crippen LogP contribution in [-0.2, 0) is 15.1 Å². The fourth-order valence-corrected chi connectivity index (χ4v) is 4.56. The maximum Gasteiger partial charge on any atom is 0.314 e. The molecule has 2 aromatic rings. The van der Waals surface area contributed by atoms with Crippen LogP contribution >= 0.6 is 11.3 Å². The van der Waals surface area contributed by atoms with Crippen molar-refractivity contribution >= 4 is 33.9 Å². The number of aliphatic carboxylic acids is 1. The molecule has 1 unspecified atom stereocenters. The maximum atomic E-state index is 12.3. The molecule has 1 aliphatic heterocycles. The van der Waals surface area contributed by atoms with Crippen molar-refractivity contribution in [1.29, 1.82) is 0 Å². The fourth-order valence-electron chi connectivity index (χ4n) is 3.37. The third-order valence-corrected chi connectivity index (χ3v) is 5.69. The van der Waals surface area contributed by atoms with Gasteiger partial charge in [0.25, 0.3) is 5.91 Å². The third kappa shape index (κ3) is 2.79. The molecule has 0 radical (unpaired) electrons. The molecule has 0 spiro atoms. The quantitative estimate of drug-likeness (QED) is 0.662. The number of carbonyl (C=O) groups excluding carboxylic acids is 1. The van der Waals surface area contributed by atoms with E-state index in [2.05, 4.69) is 15.5 Å². The molecule has 25 heavy (non-hydrogen) atoms. The predicted octanol–water partition coefficient (Wildman–Crippen LogP) is 2.52. The first-order valence-corrected chi connectivity index (χ1v) is 8.52. The summed E-state index contributed by atoms with van der Waals surface area (Å²) in [5, 5.41) is 19.2. The van der Waals surface area contributed by atoms with Crippen molar-refractivity contribution in [3.8, 4) is 0 Å². The Bertz CT molecular complexity index is 839. The highest BCUT2D eigenvalue weighted by molar-refractivity contribution is 7.17. The summed E-state index contributed by atoms with van der Waals surface area (Å²) in [4.78, 5) is 24.9. The molecule has 1 atom stereocenters. The standard InChI is InChI=1S/C16H20N4O4S/c1-15(2)9(14(22)23)8-10(17)13(25-11(8)16(3,4)24-15)19-12(21)7-5-6-18-20-7/h5-6,9H,17H2,1-4H3,(H,18,20)(H,19,21)(H,22,23). The van der Waals surface area contributed by atoms with Crippen LogP contribution in [0.25, 0.3) is 0 Å². The Morgan fingerprint density at radius 1 is 1.40 bits per heavy atom. The van der Waals surface area contributed by atoms with Crippen molar-refractivity contribution in [2.24, 2.45) is 0 Å². The Balaban J connectivity index is 2.09. The number of nitrogens with one attached hydrogen (secondary N) is 2. The molecule has 0 fully saturated rings. The lowest BCUT2D eigenvalue weighted by Gasteiger charge is -2.44. The average Bonchev–Trinajstić information content (AvgIpc) is 3.08. The van der Waals surface area contributed by atoms with Crippen molar-refractivity contribution in [2.45, 2.75) is 44.8 Å². The van der Waals surface area contributed by atoms with Gasteiger partial charge in [-0.15, -0.1) is 11.3 Å². The van der Waals surface area contributed by atoms with E-state index in [-0.39, 0.29) is 11.4 Å². The van der Waals surface area contributed by atoms with Crippen LogP contribution in [0, 0.1) is 0 Å². The minimum Gasteiger partial charge on any atom is -0.481 e. The van der Waals surface area contributed by atoms with Gasteiger partial charge in [0.2, 0.25) is 0 Å². The van der Waals surface area contributed by atoms with Gasteiger partial charge in [0.15, 0.2) is 0 Å². The van der Waals surface area contributed by atoms with Crippen molar-refractivity contribution in [1.82, 2.24) is 10.2 Å². The van der Waals surface area contributed by atoms with E-state index in [0.29, 0.717) is 15.4 Å². The van der Waals surface area contributed by atoms with Crippen LogP contribution < -0.4 is 11.1 Å². The zero-order chi connectivity index (χ0) is 18.6. The van der Waals surface area contributed by atoms with Crippen molar-refractivity contribution in [2.75, 3.05) is 11.1 Å². The van der Waals surface area contributed by atoms with Crippen LogP contribution in [0.2, 0.25) is 0 Å². The zero-order valence-electron chi connectivity index (χ0n) is 14.3. The predicted molar refractivity (Wildman–Crippen MR) is 93.8 cm³/mol. The molecule has 1 aliphatic rings. The first-order chi connectivity index (χ1) is 11.5. The first kappa shape index (κ1) is 17.4. The van der Waals surface area contributed by atoms with Crippen molar-refractivity contribution in [3.05, 3.63) is 28.4 Å². The van der Waals surface area contributed by atoms with Crippen LogP contribution in [-0.4, -0.2) is 32.8 Å². The van der Waals surface area contributed by atoms with Gasteiger partial charge < -0.3 is 20.9 Å². The van der Waals surface area contributed by atoms with Gasteiger partial charge in [0.1, 0.15) is 16.6 Å². The average molecular weight is 364 g/mol. The van der Waals surface area contributed by atoms with E-state index in [9.17, 15) is 14.7 Å². The number of fused-ring (bicyclic) bond motifs is 1. The van der Waals surface area contributed by atoms with Crippen LogP contribution in [0.1, 0.15) is 54.5 Å². The maximum absolute atomic E-state index is 12.3. The summed E-state index contributed by atoms with van der Waals surface area (Å²) in [5.41, 5.74) is 5.65. The molecule has 3 rings (SSSR count). The number of nitrogens with two attached hydrogens (primary N) is 1. The lowest BCUT2D eigenvalue weighted by Crippen LogP contribution is -2.47. The van der Waals surface area contributed by atoms with E-state index >= 15 is 0 Å². The van der Waals surface area contributed by atoms with Gasteiger partial charge in [-0.3, -0.25) is 14.7 Å². The number of ether oxygens (including phenoxy) is 1. The summed E-state index contributed by atoms with van der Waals surface area (Å²) >= 11 is 1.24. The highest BCUT2D eigenvalue weighted by Crippen LogP contribution is 2.54. The Labute approximate surface area is 148 Å². The van der Waals surface area contributed by atoms with Crippen LogP contribution in [0.4, 0.5) is 10.7 Å². The Morgan fingerprint density at radius 3 is 2.64 bits per heavy atom. The zero-order valence-corrected chi connectivity index (χ0v) is 15.2. The van der Waals surface area contributed by atoms with Gasteiger partial charge in [-0.25, -0.2) is 0 Å². The van der Waals surface area contributed by atoms with E-state index in [1.54, 1.807) is 13.8 Å². The number of thiophene rings is 1. The lowest BCUT2D eigenvalue weighted by atomic mass is 9.78. The number of anilines is 2. The van der Waals surface area contributed by atoms with E-state index in [1.165, 1.54) is 23.6 Å². The summed E-state index contributed by atoms with van der Waals surface area (Å²) < 4.78 is 6.05. The highest BCUT2D eigenvalue weighted by atomic mass is 32.1. The number of rotatable bonds is 3. The van der Waals surface area contributed by atoms with Crippen molar-refractivity contribution in [3.63, 3.8) is 0 Å². The van der Waals surface area contributed by atoms with Gasteiger partial charge in [-0.2, -0.15) is 5.10 Å². The van der Waals surface area contributed by atoms with Crippen LogP contribution in [0.3, 0.4) is 0 Å². The summed E-state index contributed by atoms with van der Waals surface area (Å²) in [6.07, 6.45) is 1.47. The van der Waals surface area contributed by atoms with Crippen LogP contribution in [0.5, 0.6) is 0 Å². The molecule has 5 N–H and O–H groups in total. The number of aromatic nitrogens is 2. The molecule has 1 amide bonds.